The largest absolute Gasteiger partial charge is 0.379 e. The van der Waals surface area contributed by atoms with Gasteiger partial charge in [0.2, 0.25) is 10.0 Å². The molecule has 1 amide bonds. The molecule has 0 saturated carbocycles. The van der Waals surface area contributed by atoms with Crippen LogP contribution >= 0.6 is 11.6 Å². The summed E-state index contributed by atoms with van der Waals surface area (Å²) in [6.07, 6.45) is 0. The summed E-state index contributed by atoms with van der Waals surface area (Å²) in [4.78, 5) is 23.1. The molecule has 2 N–H and O–H groups in total. The number of morpholine rings is 1. The van der Waals surface area contributed by atoms with Crippen LogP contribution in [0.2, 0.25) is 5.02 Å². The molecule has 0 aliphatic carbocycles. The van der Waals surface area contributed by atoms with Gasteiger partial charge in [-0.15, -0.1) is 0 Å². The lowest BCUT2D eigenvalue weighted by molar-refractivity contribution is 0.0730. The van der Waals surface area contributed by atoms with E-state index in [2.05, 4.69) is 15.5 Å². The van der Waals surface area contributed by atoms with Crippen molar-refractivity contribution >= 4 is 33.2 Å². The molecule has 11 heteroatoms. The van der Waals surface area contributed by atoms with Crippen molar-refractivity contribution in [2.75, 3.05) is 31.6 Å². The van der Waals surface area contributed by atoms with Gasteiger partial charge in [-0.3, -0.25) is 9.59 Å². The van der Waals surface area contributed by atoms with Crippen LogP contribution in [-0.4, -0.2) is 55.1 Å². The lowest BCUT2D eigenvalue weighted by atomic mass is 10.3. The van der Waals surface area contributed by atoms with Gasteiger partial charge in [0.25, 0.3) is 11.5 Å². The average molecular weight is 399 g/mol. The first-order chi connectivity index (χ1) is 12.4. The summed E-state index contributed by atoms with van der Waals surface area (Å²) in [5.74, 6) is -0.599. The zero-order valence-electron chi connectivity index (χ0n) is 13.4. The number of carbonyl (C=O) groups excluding carboxylic acids is 1. The maximum absolute atomic E-state index is 12.8. The molecule has 2 aromatic rings. The number of H-pyrrole nitrogens is 1. The van der Waals surface area contributed by atoms with Crippen LogP contribution in [0.15, 0.2) is 40.0 Å². The summed E-state index contributed by atoms with van der Waals surface area (Å²) < 4.78 is 32.0. The molecule has 26 heavy (non-hydrogen) atoms. The van der Waals surface area contributed by atoms with Gasteiger partial charge in [-0.05, 0) is 24.3 Å². The summed E-state index contributed by atoms with van der Waals surface area (Å²) in [5.41, 5.74) is -0.219. The minimum Gasteiger partial charge on any atom is -0.379 e. The fourth-order valence-electron chi connectivity index (χ4n) is 2.37. The van der Waals surface area contributed by atoms with E-state index in [9.17, 15) is 18.0 Å². The van der Waals surface area contributed by atoms with Crippen molar-refractivity contribution < 1.29 is 17.9 Å². The number of halogens is 1. The normalized spacial score (nSPS) is 15.6. The second kappa shape index (κ2) is 7.54. The van der Waals surface area contributed by atoms with E-state index < -0.39 is 21.5 Å². The topological polar surface area (TPSA) is 121 Å². The number of benzene rings is 1. The van der Waals surface area contributed by atoms with Crippen molar-refractivity contribution in [3.63, 3.8) is 0 Å². The maximum Gasteiger partial charge on any atom is 0.276 e. The SMILES string of the molecule is O=C(Nc1ccc(Cl)c(S(=O)(=O)N2CCOCC2)c1)c1ccc(=O)[nH]n1. The number of carbonyl (C=O) groups is 1. The molecule has 0 atom stereocenters. The summed E-state index contributed by atoms with van der Waals surface area (Å²) in [6.45, 7) is 1.09. The molecule has 3 rings (SSSR count). The fraction of sp³-hybridized carbons (Fsp3) is 0.267. The van der Waals surface area contributed by atoms with E-state index in [4.69, 9.17) is 16.3 Å². The van der Waals surface area contributed by atoms with Crippen molar-refractivity contribution in [2.24, 2.45) is 0 Å². The van der Waals surface area contributed by atoms with Gasteiger partial charge in [0.1, 0.15) is 10.6 Å². The molecule has 9 nitrogen and oxygen atoms in total. The molecular weight excluding hydrogens is 384 g/mol. The molecule has 1 aliphatic rings. The molecule has 1 fully saturated rings. The number of sulfonamides is 1. The third-order valence-electron chi connectivity index (χ3n) is 3.69. The molecule has 0 unspecified atom stereocenters. The van der Waals surface area contributed by atoms with Gasteiger partial charge in [0, 0.05) is 24.8 Å². The van der Waals surface area contributed by atoms with Gasteiger partial charge in [0.05, 0.1) is 18.2 Å². The third kappa shape index (κ3) is 3.93. The highest BCUT2D eigenvalue weighted by Gasteiger charge is 2.28. The molecule has 1 aromatic heterocycles. The number of nitrogens with zero attached hydrogens (tertiary/aromatic N) is 2. The zero-order chi connectivity index (χ0) is 18.7. The van der Waals surface area contributed by atoms with Gasteiger partial charge in [-0.25, -0.2) is 13.5 Å². The molecule has 1 aromatic carbocycles. The highest BCUT2D eigenvalue weighted by atomic mass is 35.5. The molecule has 1 aliphatic heterocycles. The van der Waals surface area contributed by atoms with E-state index in [1.807, 2.05) is 0 Å². The monoisotopic (exact) mass is 398 g/mol. The van der Waals surface area contributed by atoms with Crippen LogP contribution in [0.25, 0.3) is 0 Å². The first-order valence-corrected chi connectivity index (χ1v) is 9.44. The Bertz CT molecular complexity index is 965. The van der Waals surface area contributed by atoms with E-state index >= 15 is 0 Å². The van der Waals surface area contributed by atoms with Crippen LogP contribution < -0.4 is 10.9 Å². The van der Waals surface area contributed by atoms with Crippen molar-refractivity contribution in [2.45, 2.75) is 4.90 Å². The minimum absolute atomic E-state index is 0.0165. The average Bonchev–Trinajstić information content (AvgIpc) is 2.64. The minimum atomic E-state index is -3.81. The molecular formula is C15H15ClN4O5S. The van der Waals surface area contributed by atoms with Crippen LogP contribution in [-0.2, 0) is 14.8 Å². The molecule has 0 spiro atoms. The molecule has 0 radical (unpaired) electrons. The second-order valence-electron chi connectivity index (χ2n) is 5.42. The lowest BCUT2D eigenvalue weighted by Gasteiger charge is -2.26. The fourth-order valence-corrected chi connectivity index (χ4v) is 4.28. The van der Waals surface area contributed by atoms with Crippen LogP contribution in [0.4, 0.5) is 5.69 Å². The summed E-state index contributed by atoms with van der Waals surface area (Å²) >= 11 is 6.07. The second-order valence-corrected chi connectivity index (χ2v) is 7.74. The smallest absolute Gasteiger partial charge is 0.276 e. The standard InChI is InChI=1S/C15H15ClN4O5S/c16-11-2-1-10(17-15(22)12-3-4-14(21)19-18-12)9-13(11)26(23,24)20-5-7-25-8-6-20/h1-4,9H,5-8H2,(H,17,22)(H,19,21). The van der Waals surface area contributed by atoms with E-state index in [-0.39, 0.29) is 34.4 Å². The van der Waals surface area contributed by atoms with Crippen molar-refractivity contribution in [1.82, 2.24) is 14.5 Å². The Morgan fingerprint density at radius 2 is 1.96 bits per heavy atom. The Labute approximate surface area is 154 Å². The number of hydrogen-bond acceptors (Lipinski definition) is 6. The number of amides is 1. The zero-order valence-corrected chi connectivity index (χ0v) is 15.0. The predicted octanol–water partition coefficient (Wildman–Crippen LogP) is 0.696. The van der Waals surface area contributed by atoms with Crippen molar-refractivity contribution in [3.05, 3.63) is 51.4 Å². The molecule has 0 bridgehead atoms. The Balaban J connectivity index is 1.86. The van der Waals surface area contributed by atoms with Crippen molar-refractivity contribution in [1.29, 1.82) is 0 Å². The first-order valence-electron chi connectivity index (χ1n) is 7.62. The number of rotatable bonds is 4. The highest BCUT2D eigenvalue weighted by Crippen LogP contribution is 2.28. The number of aromatic amines is 1. The van der Waals surface area contributed by atoms with Gasteiger partial charge in [-0.1, -0.05) is 11.6 Å². The molecule has 2 heterocycles. The molecule has 138 valence electrons. The van der Waals surface area contributed by atoms with E-state index in [1.165, 1.54) is 28.6 Å². The highest BCUT2D eigenvalue weighted by molar-refractivity contribution is 7.89. The summed E-state index contributed by atoms with van der Waals surface area (Å²) in [5, 5.41) is 8.36. The van der Waals surface area contributed by atoms with Gasteiger partial charge < -0.3 is 10.1 Å². The third-order valence-corrected chi connectivity index (χ3v) is 6.07. The number of nitrogens with one attached hydrogen (secondary N) is 2. The number of ether oxygens (including phenoxy) is 1. The quantitative estimate of drug-likeness (QED) is 0.781. The Morgan fingerprint density at radius 1 is 1.23 bits per heavy atom. The van der Waals surface area contributed by atoms with Crippen LogP contribution in [0, 0.1) is 0 Å². The van der Waals surface area contributed by atoms with Crippen LogP contribution in [0.3, 0.4) is 0 Å². The van der Waals surface area contributed by atoms with Gasteiger partial charge in [0.15, 0.2) is 0 Å². The van der Waals surface area contributed by atoms with Gasteiger partial charge in [-0.2, -0.15) is 9.40 Å². The number of hydrogen-bond donors (Lipinski definition) is 2. The van der Waals surface area contributed by atoms with E-state index in [1.54, 1.807) is 0 Å². The summed E-state index contributed by atoms with van der Waals surface area (Å²) in [6, 6.07) is 6.58. The Kier molecular flexibility index (Phi) is 5.37. The number of anilines is 1. The van der Waals surface area contributed by atoms with E-state index in [0.29, 0.717) is 13.2 Å². The van der Waals surface area contributed by atoms with Crippen LogP contribution in [0.5, 0.6) is 0 Å². The van der Waals surface area contributed by atoms with E-state index in [0.717, 1.165) is 6.07 Å². The Hall–Kier alpha value is -2.27. The van der Waals surface area contributed by atoms with Crippen LogP contribution in [0.1, 0.15) is 10.5 Å². The first kappa shape index (κ1) is 18.5. The van der Waals surface area contributed by atoms with Gasteiger partial charge >= 0.3 is 0 Å². The molecule has 1 saturated heterocycles. The maximum atomic E-state index is 12.8. The predicted molar refractivity (Wildman–Crippen MR) is 93.8 cm³/mol. The lowest BCUT2D eigenvalue weighted by Crippen LogP contribution is -2.40. The summed E-state index contributed by atoms with van der Waals surface area (Å²) in [7, 11) is -3.81. The Morgan fingerprint density at radius 3 is 2.62 bits per heavy atom. The van der Waals surface area contributed by atoms with Crippen molar-refractivity contribution in [3.8, 4) is 0 Å². The number of aromatic nitrogens is 2.